The van der Waals surface area contributed by atoms with Crippen LogP contribution in [0.1, 0.15) is 112 Å². The summed E-state index contributed by atoms with van der Waals surface area (Å²) < 4.78 is 21.7. The molecule has 2 fully saturated rings. The summed E-state index contributed by atoms with van der Waals surface area (Å²) in [7, 11) is 0. The van der Waals surface area contributed by atoms with Gasteiger partial charge in [0.05, 0.1) is 43.3 Å². The van der Waals surface area contributed by atoms with E-state index in [9.17, 15) is 19.2 Å². The Morgan fingerprint density at radius 1 is 0.540 bits per heavy atom. The van der Waals surface area contributed by atoms with Crippen molar-refractivity contribution in [1.82, 2.24) is 0 Å². The Morgan fingerprint density at radius 3 is 1.28 bits per heavy atom. The second kappa shape index (κ2) is 19.2. The summed E-state index contributed by atoms with van der Waals surface area (Å²) in [6.45, 7) is 4.62. The topological polar surface area (TPSA) is 105 Å². The summed E-state index contributed by atoms with van der Waals surface area (Å²) in [4.78, 5) is 52.9. The van der Waals surface area contributed by atoms with Crippen LogP contribution in [-0.4, -0.2) is 37.1 Å². The zero-order valence-corrected chi connectivity index (χ0v) is 32.4. The maximum atomic E-state index is 13.3. The third-order valence-electron chi connectivity index (χ3n) is 9.37. The smallest absolute Gasteiger partial charge is 0.423 e. The molecule has 274 valence electrons. The predicted molar refractivity (Wildman–Crippen MR) is 195 cm³/mol. The quantitative estimate of drug-likeness (QED) is 0.112. The van der Waals surface area contributed by atoms with Crippen LogP contribution < -0.4 is 9.47 Å². The Bertz CT molecular complexity index is 1470. The Labute approximate surface area is 322 Å². The van der Waals surface area contributed by atoms with Gasteiger partial charge in [-0.1, -0.05) is 135 Å². The van der Waals surface area contributed by atoms with Crippen LogP contribution in [0.4, 0.5) is 0 Å². The Morgan fingerprint density at radius 2 is 0.900 bits per heavy atom. The number of hydrogen-bond acceptors (Lipinski definition) is 8. The molecule has 4 atom stereocenters. The highest BCUT2D eigenvalue weighted by Gasteiger charge is 2.33. The highest BCUT2D eigenvalue weighted by molar-refractivity contribution is 6.47. The van der Waals surface area contributed by atoms with Gasteiger partial charge in [-0.05, 0) is 61.5 Å². The first-order valence-corrected chi connectivity index (χ1v) is 19.2. The first kappa shape index (κ1) is 40.8. The van der Waals surface area contributed by atoms with Crippen LogP contribution in [-0.2, 0) is 19.1 Å². The molecule has 4 rings (SSSR count). The van der Waals surface area contributed by atoms with Crippen molar-refractivity contribution < 1.29 is 38.1 Å². The lowest BCUT2D eigenvalue weighted by Crippen LogP contribution is -2.28. The molecule has 0 aliphatic heterocycles. The van der Waals surface area contributed by atoms with Crippen molar-refractivity contribution in [3.8, 4) is 11.5 Å². The number of carbonyl (C=O) groups excluding carboxylic acids is 4. The second-order valence-corrected chi connectivity index (χ2v) is 15.7. The molecule has 0 aromatic heterocycles. The fourth-order valence-electron chi connectivity index (χ4n) is 6.32. The molecule has 0 N–H and O–H groups in total. The van der Waals surface area contributed by atoms with Crippen LogP contribution in [0, 0.1) is 23.7 Å². The van der Waals surface area contributed by atoms with E-state index in [1.165, 1.54) is 12.8 Å². The third-order valence-corrected chi connectivity index (χ3v) is 11.5. The van der Waals surface area contributed by atoms with Crippen LogP contribution in [0.5, 0.6) is 11.5 Å². The Balaban J connectivity index is 1.50. The van der Waals surface area contributed by atoms with E-state index in [4.69, 9.17) is 88.6 Å². The van der Waals surface area contributed by atoms with E-state index in [1.54, 1.807) is 0 Å². The summed E-state index contributed by atoms with van der Waals surface area (Å²) in [5, 5.41) is -1.39. The molecule has 14 heteroatoms. The predicted octanol–water partition coefficient (Wildman–Crippen LogP) is 11.6. The molecule has 50 heavy (non-hydrogen) atoms. The lowest BCUT2D eigenvalue weighted by Gasteiger charge is -2.23. The number of ether oxygens (including phenoxy) is 4. The SMILES string of the molecule is CC1CCCCC(COC(=O)c2c(Cl)c(Cl)cc(Cl)c2OC(=O)C(=O)Oc2c(Cl)cc(Cl)c(Cl)c2C(=O)OCC2CCCCC(C)CC2)CC1. The lowest BCUT2D eigenvalue weighted by molar-refractivity contribution is -0.156. The molecule has 0 heterocycles. The van der Waals surface area contributed by atoms with Crippen LogP contribution in [0.25, 0.3) is 0 Å². The minimum absolute atomic E-state index is 0.106. The van der Waals surface area contributed by atoms with E-state index in [-0.39, 0.29) is 55.2 Å². The zero-order chi connectivity index (χ0) is 36.5. The van der Waals surface area contributed by atoms with Crippen molar-refractivity contribution in [3.05, 3.63) is 53.4 Å². The van der Waals surface area contributed by atoms with Gasteiger partial charge < -0.3 is 18.9 Å². The van der Waals surface area contributed by atoms with E-state index in [1.807, 2.05) is 0 Å². The average molecular weight is 813 g/mol. The molecular formula is C36H40Cl6O8. The minimum atomic E-state index is -1.63. The van der Waals surface area contributed by atoms with Crippen molar-refractivity contribution in [2.24, 2.45) is 23.7 Å². The van der Waals surface area contributed by atoms with Gasteiger partial charge in [0.15, 0.2) is 11.5 Å². The second-order valence-electron chi connectivity index (χ2n) is 13.4. The molecule has 2 aliphatic rings. The number of carbonyl (C=O) groups is 4. The first-order valence-electron chi connectivity index (χ1n) is 16.9. The monoisotopic (exact) mass is 810 g/mol. The molecule has 2 saturated carbocycles. The van der Waals surface area contributed by atoms with Crippen LogP contribution in [0.15, 0.2) is 12.1 Å². The van der Waals surface area contributed by atoms with Crippen molar-refractivity contribution in [2.45, 2.75) is 90.9 Å². The molecular weight excluding hydrogens is 773 g/mol. The van der Waals surface area contributed by atoms with Gasteiger partial charge in [-0.25, -0.2) is 19.2 Å². The van der Waals surface area contributed by atoms with E-state index in [0.29, 0.717) is 11.8 Å². The van der Waals surface area contributed by atoms with Crippen LogP contribution in [0.2, 0.25) is 30.1 Å². The van der Waals surface area contributed by atoms with E-state index < -0.39 is 46.5 Å². The molecule has 2 aliphatic carbocycles. The standard InChI is InChI=1S/C36H40Cl6O8/c1-19-7-3-5-9-21(13-11-19)17-47-33(43)27-29(41)23(37)15-25(39)31(27)49-35(45)36(46)50-32-26(40)16-24(38)30(42)28(32)34(44)48-18-22-10-6-4-8-20(2)12-14-22/h15-16,19-22H,3-14,17-18H2,1-2H3. The fourth-order valence-corrected chi connectivity index (χ4v) is 7.76. The number of benzene rings is 2. The van der Waals surface area contributed by atoms with Crippen molar-refractivity contribution in [1.29, 1.82) is 0 Å². The third kappa shape index (κ3) is 11.0. The Hall–Kier alpha value is -1.94. The van der Waals surface area contributed by atoms with Crippen LogP contribution in [0.3, 0.4) is 0 Å². The number of rotatable bonds is 8. The molecule has 0 radical (unpaired) electrons. The van der Waals surface area contributed by atoms with Gasteiger partial charge in [-0.3, -0.25) is 0 Å². The summed E-state index contributed by atoms with van der Waals surface area (Å²) >= 11 is 37.8. The Kier molecular flexibility index (Phi) is 15.7. The van der Waals surface area contributed by atoms with Crippen LogP contribution >= 0.6 is 69.6 Å². The van der Waals surface area contributed by atoms with Gasteiger partial charge in [0, 0.05) is 0 Å². The maximum Gasteiger partial charge on any atom is 0.423 e. The molecule has 8 nitrogen and oxygen atoms in total. The highest BCUT2D eigenvalue weighted by atomic mass is 35.5. The summed E-state index contributed by atoms with van der Waals surface area (Å²) in [5.41, 5.74) is -0.880. The van der Waals surface area contributed by atoms with Gasteiger partial charge in [0.2, 0.25) is 0 Å². The first-order chi connectivity index (χ1) is 23.8. The van der Waals surface area contributed by atoms with Crippen molar-refractivity contribution in [2.75, 3.05) is 13.2 Å². The molecule has 4 unspecified atom stereocenters. The van der Waals surface area contributed by atoms with Gasteiger partial charge in [-0.15, -0.1) is 0 Å². The lowest BCUT2D eigenvalue weighted by atomic mass is 9.87. The zero-order valence-electron chi connectivity index (χ0n) is 27.9. The van der Waals surface area contributed by atoms with E-state index >= 15 is 0 Å². The van der Waals surface area contributed by atoms with Gasteiger partial charge in [0.1, 0.15) is 11.1 Å². The fraction of sp³-hybridized carbons (Fsp3) is 0.556. The summed E-state index contributed by atoms with van der Waals surface area (Å²) in [6, 6.07) is 2.29. The molecule has 2 aromatic carbocycles. The number of halogens is 6. The van der Waals surface area contributed by atoms with E-state index in [2.05, 4.69) is 13.8 Å². The van der Waals surface area contributed by atoms with Crippen molar-refractivity contribution >= 4 is 93.5 Å². The molecule has 0 saturated heterocycles. The van der Waals surface area contributed by atoms with Crippen molar-refractivity contribution in [3.63, 3.8) is 0 Å². The molecule has 0 amide bonds. The maximum absolute atomic E-state index is 13.3. The summed E-state index contributed by atoms with van der Waals surface area (Å²) in [5.74, 6) is -4.83. The van der Waals surface area contributed by atoms with E-state index in [0.717, 1.165) is 76.3 Å². The highest BCUT2D eigenvalue weighted by Crippen LogP contribution is 2.42. The summed E-state index contributed by atoms with van der Waals surface area (Å²) in [6.07, 6.45) is 12.2. The van der Waals surface area contributed by atoms with Gasteiger partial charge in [0.25, 0.3) is 0 Å². The number of esters is 4. The molecule has 0 bridgehead atoms. The average Bonchev–Trinajstić information content (AvgIpc) is 3.05. The normalized spacial score (nSPS) is 21.5. The minimum Gasteiger partial charge on any atom is -0.462 e. The molecule has 0 spiro atoms. The van der Waals surface area contributed by atoms with Gasteiger partial charge in [-0.2, -0.15) is 0 Å². The number of hydrogen-bond donors (Lipinski definition) is 0. The van der Waals surface area contributed by atoms with Gasteiger partial charge >= 0.3 is 23.9 Å². The molecule has 2 aromatic rings. The largest absolute Gasteiger partial charge is 0.462 e.